The summed E-state index contributed by atoms with van der Waals surface area (Å²) in [5, 5.41) is 3.40. The fraction of sp³-hybridized carbons (Fsp3) is 0.938. The van der Waals surface area contributed by atoms with E-state index < -0.39 is 0 Å². The first kappa shape index (κ1) is 12.2. The molecule has 0 aromatic rings. The minimum atomic E-state index is 0.429. The first-order valence-corrected chi connectivity index (χ1v) is 8.21. The number of fused-ring (bicyclic) bond motifs is 5. The average Bonchev–Trinajstić information content (AvgIpc) is 2.86. The molecule has 4 aliphatic rings. The van der Waals surface area contributed by atoms with Crippen LogP contribution in [0.3, 0.4) is 0 Å². The van der Waals surface area contributed by atoms with Gasteiger partial charge in [0.25, 0.3) is 0 Å². The van der Waals surface area contributed by atoms with Crippen LogP contribution in [0.1, 0.15) is 32.1 Å². The minimum absolute atomic E-state index is 0.429. The lowest BCUT2D eigenvalue weighted by molar-refractivity contribution is -0.133. The Kier molecular flexibility index (Phi) is 2.87. The van der Waals surface area contributed by atoms with E-state index in [1.54, 1.807) is 0 Å². The van der Waals surface area contributed by atoms with Crippen molar-refractivity contribution in [2.45, 2.75) is 32.1 Å². The molecule has 2 bridgehead atoms. The van der Waals surface area contributed by atoms with Crippen molar-refractivity contribution in [1.82, 2.24) is 10.2 Å². The predicted molar refractivity (Wildman–Crippen MR) is 74.5 cm³/mol. The first-order valence-electron chi connectivity index (χ1n) is 8.21. The second-order valence-corrected chi connectivity index (χ2v) is 7.43. The van der Waals surface area contributed by atoms with E-state index in [2.05, 4.69) is 10.2 Å². The van der Waals surface area contributed by atoms with Gasteiger partial charge in [-0.05, 0) is 74.8 Å². The lowest BCUT2D eigenvalue weighted by Gasteiger charge is -2.28. The normalized spacial score (nSPS) is 44.2. The van der Waals surface area contributed by atoms with Crippen molar-refractivity contribution in [1.29, 1.82) is 0 Å². The van der Waals surface area contributed by atoms with Crippen molar-refractivity contribution >= 4 is 5.91 Å². The van der Waals surface area contributed by atoms with Crippen molar-refractivity contribution in [3.63, 3.8) is 0 Å². The summed E-state index contributed by atoms with van der Waals surface area (Å²) in [6.07, 6.45) is 6.74. The van der Waals surface area contributed by atoms with Crippen LogP contribution in [0.25, 0.3) is 0 Å². The van der Waals surface area contributed by atoms with Gasteiger partial charge in [0, 0.05) is 19.5 Å². The second-order valence-electron chi connectivity index (χ2n) is 7.43. The van der Waals surface area contributed by atoms with Crippen molar-refractivity contribution in [3.8, 4) is 0 Å². The third kappa shape index (κ3) is 1.93. The molecule has 0 spiro atoms. The Morgan fingerprint density at radius 1 is 1.11 bits per heavy atom. The van der Waals surface area contributed by atoms with Gasteiger partial charge in [-0.2, -0.15) is 0 Å². The molecule has 3 saturated carbocycles. The van der Waals surface area contributed by atoms with Gasteiger partial charge in [-0.3, -0.25) is 4.79 Å². The minimum Gasteiger partial charge on any atom is -0.345 e. The van der Waals surface area contributed by atoms with E-state index in [1.165, 1.54) is 32.1 Å². The third-order valence-electron chi connectivity index (χ3n) is 6.39. The van der Waals surface area contributed by atoms with Crippen LogP contribution in [0.15, 0.2) is 0 Å². The van der Waals surface area contributed by atoms with Crippen LogP contribution in [0.2, 0.25) is 0 Å². The maximum absolute atomic E-state index is 12.6. The van der Waals surface area contributed by atoms with Crippen LogP contribution in [-0.2, 0) is 4.79 Å². The van der Waals surface area contributed by atoms with Gasteiger partial charge in [0.1, 0.15) is 0 Å². The molecule has 0 aromatic carbocycles. The molecule has 3 nitrogen and oxygen atoms in total. The molecule has 4 rings (SSSR count). The SMILES string of the molecule is CN(CC1CCNCC1)C(=O)C1C2C3CCC(C3)C12. The molecule has 3 aliphatic carbocycles. The summed E-state index contributed by atoms with van der Waals surface area (Å²) in [6.45, 7) is 3.25. The van der Waals surface area contributed by atoms with E-state index in [4.69, 9.17) is 0 Å². The van der Waals surface area contributed by atoms with Crippen molar-refractivity contribution < 1.29 is 4.79 Å². The molecule has 3 heteroatoms. The van der Waals surface area contributed by atoms with Gasteiger partial charge >= 0.3 is 0 Å². The van der Waals surface area contributed by atoms with E-state index in [9.17, 15) is 4.79 Å². The molecule has 4 unspecified atom stereocenters. The van der Waals surface area contributed by atoms with Crippen molar-refractivity contribution in [3.05, 3.63) is 0 Å². The van der Waals surface area contributed by atoms with Gasteiger partial charge in [0.05, 0.1) is 0 Å². The predicted octanol–water partition coefficient (Wildman–Crippen LogP) is 1.74. The third-order valence-corrected chi connectivity index (χ3v) is 6.39. The Balaban J connectivity index is 1.34. The summed E-state index contributed by atoms with van der Waals surface area (Å²) in [5.74, 6) is 5.05. The molecule has 4 fully saturated rings. The van der Waals surface area contributed by atoms with Crippen LogP contribution < -0.4 is 5.32 Å². The zero-order valence-electron chi connectivity index (χ0n) is 12.0. The molecule has 0 aromatic heterocycles. The van der Waals surface area contributed by atoms with Gasteiger partial charge < -0.3 is 10.2 Å². The Bertz CT molecular complexity index is 361. The van der Waals surface area contributed by atoms with Gasteiger partial charge in [-0.1, -0.05) is 0 Å². The van der Waals surface area contributed by atoms with Crippen LogP contribution in [0.4, 0.5) is 0 Å². The second kappa shape index (κ2) is 4.47. The number of hydrogen-bond donors (Lipinski definition) is 1. The Morgan fingerprint density at radius 3 is 2.37 bits per heavy atom. The lowest BCUT2D eigenvalue weighted by Crippen LogP contribution is -2.38. The Labute approximate surface area is 116 Å². The molecule has 19 heavy (non-hydrogen) atoms. The Hall–Kier alpha value is -0.570. The van der Waals surface area contributed by atoms with Crippen molar-refractivity contribution in [2.24, 2.45) is 35.5 Å². The number of piperidine rings is 1. The Morgan fingerprint density at radius 2 is 1.74 bits per heavy atom. The molecular formula is C16H26N2O. The molecule has 4 atom stereocenters. The van der Waals surface area contributed by atoms with Crippen LogP contribution in [0, 0.1) is 35.5 Å². The number of hydrogen-bond acceptors (Lipinski definition) is 2. The molecule has 1 saturated heterocycles. The summed E-state index contributed by atoms with van der Waals surface area (Å²) in [5.41, 5.74) is 0. The highest BCUT2D eigenvalue weighted by molar-refractivity contribution is 5.82. The summed E-state index contributed by atoms with van der Waals surface area (Å²) in [4.78, 5) is 14.7. The quantitative estimate of drug-likeness (QED) is 0.840. The first-order chi connectivity index (χ1) is 9.25. The summed E-state index contributed by atoms with van der Waals surface area (Å²) in [6, 6.07) is 0. The maximum Gasteiger partial charge on any atom is 0.226 e. The number of carbonyl (C=O) groups excluding carboxylic acids is 1. The number of rotatable bonds is 3. The molecular weight excluding hydrogens is 236 g/mol. The summed E-state index contributed by atoms with van der Waals surface area (Å²) < 4.78 is 0. The molecule has 1 N–H and O–H groups in total. The summed E-state index contributed by atoms with van der Waals surface area (Å²) in [7, 11) is 2.04. The fourth-order valence-electron chi connectivity index (χ4n) is 5.45. The zero-order valence-corrected chi connectivity index (χ0v) is 12.0. The van der Waals surface area contributed by atoms with Crippen LogP contribution in [0.5, 0.6) is 0 Å². The van der Waals surface area contributed by atoms with Gasteiger partial charge in [0.15, 0.2) is 0 Å². The standard InChI is InChI=1S/C16H26N2O/c1-18(9-10-4-6-17-7-5-10)16(19)15-13-11-2-3-12(8-11)14(13)15/h10-15,17H,2-9H2,1H3. The fourth-order valence-corrected chi connectivity index (χ4v) is 5.45. The van der Waals surface area contributed by atoms with E-state index >= 15 is 0 Å². The van der Waals surface area contributed by atoms with Gasteiger partial charge in [-0.25, -0.2) is 0 Å². The number of nitrogens with zero attached hydrogens (tertiary/aromatic N) is 1. The maximum atomic E-state index is 12.6. The largest absolute Gasteiger partial charge is 0.345 e. The van der Waals surface area contributed by atoms with E-state index in [1.807, 2.05) is 7.05 Å². The highest BCUT2D eigenvalue weighted by Gasteiger charge is 2.67. The van der Waals surface area contributed by atoms with Gasteiger partial charge in [0.2, 0.25) is 5.91 Å². The monoisotopic (exact) mass is 262 g/mol. The molecule has 1 amide bonds. The zero-order chi connectivity index (χ0) is 13.0. The highest BCUT2D eigenvalue weighted by atomic mass is 16.2. The lowest BCUT2D eigenvalue weighted by atomic mass is 9.97. The number of carbonyl (C=O) groups is 1. The number of amides is 1. The van der Waals surface area contributed by atoms with Crippen LogP contribution >= 0.6 is 0 Å². The van der Waals surface area contributed by atoms with E-state index in [-0.39, 0.29) is 0 Å². The topological polar surface area (TPSA) is 32.3 Å². The van der Waals surface area contributed by atoms with E-state index in [0.29, 0.717) is 11.8 Å². The molecule has 1 heterocycles. The van der Waals surface area contributed by atoms with Crippen molar-refractivity contribution in [2.75, 3.05) is 26.7 Å². The molecule has 1 aliphatic heterocycles. The molecule has 106 valence electrons. The van der Waals surface area contributed by atoms with Crippen LogP contribution in [-0.4, -0.2) is 37.5 Å². The van der Waals surface area contributed by atoms with E-state index in [0.717, 1.165) is 49.2 Å². The number of nitrogens with one attached hydrogen (secondary N) is 1. The van der Waals surface area contributed by atoms with Gasteiger partial charge in [-0.15, -0.1) is 0 Å². The summed E-state index contributed by atoms with van der Waals surface area (Å²) >= 11 is 0. The average molecular weight is 262 g/mol. The highest BCUT2D eigenvalue weighted by Crippen LogP contribution is 2.69. The smallest absolute Gasteiger partial charge is 0.226 e. The molecule has 0 radical (unpaired) electrons.